The second kappa shape index (κ2) is 4.89. The molecule has 1 aliphatic rings. The lowest BCUT2D eigenvalue weighted by Crippen LogP contribution is -2.21. The molecule has 0 saturated heterocycles. The third-order valence-corrected chi connectivity index (χ3v) is 2.96. The first-order valence-corrected chi connectivity index (χ1v) is 6.28. The van der Waals surface area contributed by atoms with Crippen molar-refractivity contribution in [2.75, 3.05) is 23.8 Å². The van der Waals surface area contributed by atoms with Crippen LogP contribution >= 0.6 is 11.6 Å². The highest BCUT2D eigenvalue weighted by molar-refractivity contribution is 6.28. The van der Waals surface area contributed by atoms with Crippen molar-refractivity contribution in [3.8, 4) is 5.75 Å². The van der Waals surface area contributed by atoms with E-state index < -0.39 is 0 Å². The number of nitrogen functional groups attached to an aromatic ring is 1. The summed E-state index contributed by atoms with van der Waals surface area (Å²) in [5.41, 5.74) is 6.52. The van der Waals surface area contributed by atoms with Crippen LogP contribution in [0.3, 0.4) is 0 Å². The molecule has 3 rings (SSSR count). The van der Waals surface area contributed by atoms with E-state index in [2.05, 4.69) is 15.0 Å². The maximum atomic E-state index is 5.84. The van der Waals surface area contributed by atoms with Gasteiger partial charge < -0.3 is 15.4 Å². The zero-order valence-corrected chi connectivity index (χ0v) is 10.8. The van der Waals surface area contributed by atoms with Crippen molar-refractivity contribution in [3.05, 3.63) is 29.5 Å². The number of halogens is 1. The molecule has 7 heteroatoms. The molecule has 0 fully saturated rings. The molecule has 0 radical (unpaired) electrons. The van der Waals surface area contributed by atoms with Gasteiger partial charge in [0.1, 0.15) is 5.75 Å². The summed E-state index contributed by atoms with van der Waals surface area (Å²) in [7, 11) is 0. The van der Waals surface area contributed by atoms with E-state index in [4.69, 9.17) is 22.1 Å². The van der Waals surface area contributed by atoms with Crippen LogP contribution < -0.4 is 15.4 Å². The van der Waals surface area contributed by atoms with Gasteiger partial charge in [0.15, 0.2) is 0 Å². The number of ether oxygens (including phenoxy) is 1. The van der Waals surface area contributed by atoms with Gasteiger partial charge in [0.05, 0.1) is 12.3 Å². The quantitative estimate of drug-likeness (QED) is 0.859. The smallest absolute Gasteiger partial charge is 0.236 e. The molecule has 0 aliphatic carbocycles. The topological polar surface area (TPSA) is 77.2 Å². The van der Waals surface area contributed by atoms with E-state index in [0.29, 0.717) is 12.6 Å². The normalized spacial score (nSPS) is 14.5. The molecule has 2 heterocycles. The number of aromatic nitrogens is 3. The molecule has 0 unspecified atom stereocenters. The van der Waals surface area contributed by atoms with Crippen molar-refractivity contribution in [2.45, 2.75) is 6.42 Å². The van der Waals surface area contributed by atoms with Crippen LogP contribution in [0.1, 0.15) is 6.42 Å². The molecule has 0 amide bonds. The van der Waals surface area contributed by atoms with E-state index in [-0.39, 0.29) is 11.2 Å². The number of rotatable bonds is 1. The Hall–Kier alpha value is -2.08. The molecule has 0 spiro atoms. The highest BCUT2D eigenvalue weighted by Crippen LogP contribution is 2.34. The lowest BCUT2D eigenvalue weighted by molar-refractivity contribution is 0.322. The number of para-hydroxylation sites is 2. The zero-order chi connectivity index (χ0) is 13.2. The third-order valence-electron chi connectivity index (χ3n) is 2.79. The van der Waals surface area contributed by atoms with Gasteiger partial charge in [-0.15, -0.1) is 0 Å². The Balaban J connectivity index is 2.09. The minimum absolute atomic E-state index is 0.0881. The number of nitrogens with zero attached hydrogens (tertiary/aromatic N) is 4. The van der Waals surface area contributed by atoms with Crippen LogP contribution in [0.25, 0.3) is 0 Å². The highest BCUT2D eigenvalue weighted by Gasteiger charge is 2.20. The number of benzene rings is 1. The van der Waals surface area contributed by atoms with Crippen molar-refractivity contribution < 1.29 is 4.74 Å². The van der Waals surface area contributed by atoms with Crippen LogP contribution in [0.15, 0.2) is 24.3 Å². The minimum atomic E-state index is 0.0881. The Morgan fingerprint density at radius 1 is 1.21 bits per heavy atom. The molecule has 1 aromatic heterocycles. The van der Waals surface area contributed by atoms with Gasteiger partial charge in [-0.05, 0) is 30.2 Å². The van der Waals surface area contributed by atoms with Crippen molar-refractivity contribution in [1.82, 2.24) is 15.0 Å². The third kappa shape index (κ3) is 2.39. The predicted molar refractivity (Wildman–Crippen MR) is 72.8 cm³/mol. The summed E-state index contributed by atoms with van der Waals surface area (Å²) in [6.45, 7) is 1.39. The van der Waals surface area contributed by atoms with Crippen molar-refractivity contribution >= 4 is 29.2 Å². The van der Waals surface area contributed by atoms with Gasteiger partial charge in [-0.25, -0.2) is 0 Å². The van der Waals surface area contributed by atoms with Crippen LogP contribution in [0.2, 0.25) is 5.28 Å². The monoisotopic (exact) mass is 277 g/mol. The van der Waals surface area contributed by atoms with Crippen LogP contribution in [-0.4, -0.2) is 28.1 Å². The SMILES string of the molecule is Nc1nc(Cl)nc(N2CCCOc3ccccc32)n1. The van der Waals surface area contributed by atoms with Gasteiger partial charge in [-0.1, -0.05) is 12.1 Å². The molecule has 1 aromatic carbocycles. The fourth-order valence-corrected chi connectivity index (χ4v) is 2.17. The fraction of sp³-hybridized carbons (Fsp3) is 0.250. The average Bonchev–Trinajstić information content (AvgIpc) is 2.59. The summed E-state index contributed by atoms with van der Waals surface area (Å²) < 4.78 is 5.68. The predicted octanol–water partition coefficient (Wildman–Crippen LogP) is 2.03. The summed E-state index contributed by atoms with van der Waals surface area (Å²) in [5.74, 6) is 1.35. The van der Waals surface area contributed by atoms with Crippen molar-refractivity contribution in [1.29, 1.82) is 0 Å². The van der Waals surface area contributed by atoms with Crippen LogP contribution in [0.5, 0.6) is 5.75 Å². The maximum Gasteiger partial charge on any atom is 0.236 e. The van der Waals surface area contributed by atoms with Gasteiger partial charge in [0.2, 0.25) is 17.2 Å². The number of anilines is 3. The molecule has 19 heavy (non-hydrogen) atoms. The molecule has 0 saturated carbocycles. The Labute approximate surface area is 115 Å². The van der Waals surface area contributed by atoms with Crippen molar-refractivity contribution in [2.24, 2.45) is 0 Å². The summed E-state index contributed by atoms with van der Waals surface area (Å²) in [6, 6.07) is 7.73. The first kappa shape index (κ1) is 12.0. The summed E-state index contributed by atoms with van der Waals surface area (Å²) in [4.78, 5) is 14.0. The second-order valence-electron chi connectivity index (χ2n) is 4.08. The second-order valence-corrected chi connectivity index (χ2v) is 4.42. The molecule has 0 atom stereocenters. The molecule has 2 N–H and O–H groups in total. The molecule has 98 valence electrons. The fourth-order valence-electron chi connectivity index (χ4n) is 2.01. The summed E-state index contributed by atoms with van der Waals surface area (Å²) in [6.07, 6.45) is 0.859. The van der Waals surface area contributed by atoms with E-state index in [0.717, 1.165) is 24.4 Å². The largest absolute Gasteiger partial charge is 0.491 e. The van der Waals surface area contributed by atoms with Crippen LogP contribution in [0, 0.1) is 0 Å². The molecular formula is C12H12ClN5O. The zero-order valence-electron chi connectivity index (χ0n) is 10.1. The first-order valence-electron chi connectivity index (χ1n) is 5.90. The number of hydrogen-bond donors (Lipinski definition) is 1. The molecule has 0 bridgehead atoms. The molecule has 2 aromatic rings. The van der Waals surface area contributed by atoms with E-state index in [9.17, 15) is 0 Å². The van der Waals surface area contributed by atoms with E-state index in [1.54, 1.807) is 0 Å². The van der Waals surface area contributed by atoms with Crippen LogP contribution in [-0.2, 0) is 0 Å². The van der Waals surface area contributed by atoms with Gasteiger partial charge in [-0.3, -0.25) is 0 Å². The average molecular weight is 278 g/mol. The lowest BCUT2D eigenvalue weighted by atomic mass is 10.2. The maximum absolute atomic E-state index is 5.84. The van der Waals surface area contributed by atoms with Gasteiger partial charge in [0.25, 0.3) is 0 Å². The molecular weight excluding hydrogens is 266 g/mol. The number of hydrogen-bond acceptors (Lipinski definition) is 6. The van der Waals surface area contributed by atoms with E-state index in [1.807, 2.05) is 29.2 Å². The summed E-state index contributed by atoms with van der Waals surface area (Å²) in [5, 5.41) is 0.0881. The summed E-state index contributed by atoms with van der Waals surface area (Å²) >= 11 is 5.84. The lowest BCUT2D eigenvalue weighted by Gasteiger charge is -2.21. The number of nitrogens with two attached hydrogens (primary N) is 1. The standard InChI is InChI=1S/C12H12ClN5O/c13-10-15-11(14)17-12(16-10)18-6-3-7-19-9-5-2-1-4-8(9)18/h1-2,4-5H,3,6-7H2,(H2,14,15,16,17). The first-order chi connectivity index (χ1) is 9.24. The Morgan fingerprint density at radius 3 is 2.89 bits per heavy atom. The van der Waals surface area contributed by atoms with Gasteiger partial charge in [0, 0.05) is 6.54 Å². The number of fused-ring (bicyclic) bond motifs is 1. The Bertz CT molecular complexity index is 586. The van der Waals surface area contributed by atoms with Gasteiger partial charge >= 0.3 is 0 Å². The molecule has 6 nitrogen and oxygen atoms in total. The Kier molecular flexibility index (Phi) is 3.08. The van der Waals surface area contributed by atoms with Crippen LogP contribution in [0.4, 0.5) is 17.6 Å². The minimum Gasteiger partial charge on any atom is -0.491 e. The van der Waals surface area contributed by atoms with E-state index >= 15 is 0 Å². The Morgan fingerprint density at radius 2 is 2.05 bits per heavy atom. The van der Waals surface area contributed by atoms with Crippen molar-refractivity contribution in [3.63, 3.8) is 0 Å². The van der Waals surface area contributed by atoms with Gasteiger partial charge in [-0.2, -0.15) is 15.0 Å². The molecule has 1 aliphatic heterocycles. The van der Waals surface area contributed by atoms with E-state index in [1.165, 1.54) is 0 Å². The highest BCUT2D eigenvalue weighted by atomic mass is 35.5.